The molecule has 0 spiro atoms. The van der Waals surface area contributed by atoms with Crippen molar-refractivity contribution in [3.63, 3.8) is 0 Å². The highest BCUT2D eigenvalue weighted by molar-refractivity contribution is 8.18. The number of aromatic nitrogens is 1. The lowest BCUT2D eigenvalue weighted by Gasteiger charge is -2.31. The van der Waals surface area contributed by atoms with E-state index in [0.29, 0.717) is 12.1 Å². The molecule has 4 nitrogen and oxygen atoms in total. The molecule has 3 aliphatic rings. The number of carbonyl (C=O) groups is 1. The molecule has 180 valence electrons. The molecule has 2 aliphatic carbocycles. The van der Waals surface area contributed by atoms with Crippen molar-refractivity contribution in [2.45, 2.75) is 97.1 Å². The van der Waals surface area contributed by atoms with Gasteiger partial charge < -0.3 is 4.57 Å². The summed E-state index contributed by atoms with van der Waals surface area (Å²) in [4.78, 5) is 21.8. The number of rotatable bonds is 4. The standard InChI is InChI=1S/C29H37N3OS/c1-20-14-16-26(17-15-20)31-21(2)18-23(22(31)3)19-27-28(33)32(25-12-8-5-9-13-25)29(34-27)30-24-10-6-4-7-11-24/h14-19,24-25H,4-13H2,1-3H3. The topological polar surface area (TPSA) is 37.6 Å². The van der Waals surface area contributed by atoms with Gasteiger partial charge >= 0.3 is 0 Å². The van der Waals surface area contributed by atoms with E-state index in [4.69, 9.17) is 4.99 Å². The SMILES string of the molecule is Cc1ccc(-n2c(C)cc(C=C3SC(=NC4CCCCC4)N(C4CCCCC4)C3=O)c2C)cc1. The number of carbonyl (C=O) groups excluding carboxylic acids is 1. The first-order valence-corrected chi connectivity index (χ1v) is 13.9. The van der Waals surface area contributed by atoms with Crippen LogP contribution < -0.4 is 0 Å². The van der Waals surface area contributed by atoms with Crippen molar-refractivity contribution in [2.24, 2.45) is 4.99 Å². The Morgan fingerprint density at radius 1 is 0.912 bits per heavy atom. The molecule has 0 unspecified atom stereocenters. The van der Waals surface area contributed by atoms with Gasteiger partial charge in [0.2, 0.25) is 0 Å². The Hall–Kier alpha value is -2.27. The van der Waals surface area contributed by atoms with Crippen molar-refractivity contribution >= 4 is 28.9 Å². The van der Waals surface area contributed by atoms with E-state index in [1.165, 1.54) is 61.2 Å². The van der Waals surface area contributed by atoms with Gasteiger partial charge in [-0.25, -0.2) is 0 Å². The molecule has 1 amide bonds. The van der Waals surface area contributed by atoms with Crippen LogP contribution in [0.3, 0.4) is 0 Å². The number of benzene rings is 1. The van der Waals surface area contributed by atoms with Crippen LogP contribution in [0.25, 0.3) is 11.8 Å². The Bertz CT molecular complexity index is 1100. The summed E-state index contributed by atoms with van der Waals surface area (Å²) in [6.45, 7) is 6.41. The first-order valence-electron chi connectivity index (χ1n) is 13.1. The molecule has 2 aromatic rings. The van der Waals surface area contributed by atoms with E-state index in [-0.39, 0.29) is 5.91 Å². The molecule has 1 aromatic carbocycles. The third kappa shape index (κ3) is 4.77. The van der Waals surface area contributed by atoms with Crippen LogP contribution in [0.5, 0.6) is 0 Å². The summed E-state index contributed by atoms with van der Waals surface area (Å²) < 4.78 is 2.28. The number of hydrogen-bond donors (Lipinski definition) is 0. The normalized spacial score (nSPS) is 22.9. The number of amidine groups is 1. The average molecular weight is 476 g/mol. The zero-order chi connectivity index (χ0) is 23.7. The Kier molecular flexibility index (Phi) is 7.01. The molecule has 1 saturated heterocycles. The molecule has 5 rings (SSSR count). The summed E-state index contributed by atoms with van der Waals surface area (Å²) in [5.74, 6) is 0.159. The summed E-state index contributed by atoms with van der Waals surface area (Å²) in [6.07, 6.45) is 14.2. The maximum Gasteiger partial charge on any atom is 0.267 e. The van der Waals surface area contributed by atoms with Crippen LogP contribution in [-0.4, -0.2) is 32.6 Å². The average Bonchev–Trinajstić information content (AvgIpc) is 3.30. The number of amides is 1. The minimum Gasteiger partial charge on any atom is -0.318 e. The fourth-order valence-electron chi connectivity index (χ4n) is 5.77. The molecule has 2 heterocycles. The minimum atomic E-state index is 0.159. The Balaban J connectivity index is 1.48. The summed E-state index contributed by atoms with van der Waals surface area (Å²) in [7, 11) is 0. The molecule has 2 saturated carbocycles. The molecular weight excluding hydrogens is 438 g/mol. The van der Waals surface area contributed by atoms with E-state index in [2.05, 4.69) is 66.6 Å². The molecule has 5 heteroatoms. The van der Waals surface area contributed by atoms with Crippen LogP contribution in [0.15, 0.2) is 40.2 Å². The van der Waals surface area contributed by atoms with Gasteiger partial charge in [0, 0.05) is 23.1 Å². The second kappa shape index (κ2) is 10.2. The summed E-state index contributed by atoms with van der Waals surface area (Å²) in [5.41, 5.74) is 5.90. The number of aryl methyl sites for hydroxylation is 2. The predicted octanol–water partition coefficient (Wildman–Crippen LogP) is 7.34. The van der Waals surface area contributed by atoms with Crippen molar-refractivity contribution in [3.8, 4) is 5.69 Å². The van der Waals surface area contributed by atoms with Crippen LogP contribution >= 0.6 is 11.8 Å². The molecule has 0 bridgehead atoms. The van der Waals surface area contributed by atoms with Crippen molar-refractivity contribution in [1.82, 2.24) is 9.47 Å². The van der Waals surface area contributed by atoms with Gasteiger partial charge in [0.15, 0.2) is 5.17 Å². The highest BCUT2D eigenvalue weighted by Crippen LogP contribution is 2.39. The Morgan fingerprint density at radius 2 is 1.56 bits per heavy atom. The predicted molar refractivity (Wildman–Crippen MR) is 144 cm³/mol. The zero-order valence-electron chi connectivity index (χ0n) is 20.8. The fraction of sp³-hybridized carbons (Fsp3) is 0.517. The maximum absolute atomic E-state index is 13.7. The van der Waals surface area contributed by atoms with E-state index in [1.54, 1.807) is 11.8 Å². The van der Waals surface area contributed by atoms with E-state index in [1.807, 2.05) is 0 Å². The third-order valence-corrected chi connectivity index (χ3v) is 8.69. The lowest BCUT2D eigenvalue weighted by Crippen LogP contribution is -2.41. The van der Waals surface area contributed by atoms with Gasteiger partial charge in [-0.3, -0.25) is 14.7 Å². The number of thioether (sulfide) groups is 1. The first kappa shape index (κ1) is 23.5. The fourth-order valence-corrected chi connectivity index (χ4v) is 6.87. The zero-order valence-corrected chi connectivity index (χ0v) is 21.7. The lowest BCUT2D eigenvalue weighted by atomic mass is 9.94. The number of nitrogens with zero attached hydrogens (tertiary/aromatic N) is 3. The van der Waals surface area contributed by atoms with E-state index < -0.39 is 0 Å². The van der Waals surface area contributed by atoms with Gasteiger partial charge in [-0.05, 0) is 88.1 Å². The van der Waals surface area contributed by atoms with Gasteiger partial charge in [-0.15, -0.1) is 0 Å². The largest absolute Gasteiger partial charge is 0.318 e. The molecule has 34 heavy (non-hydrogen) atoms. The van der Waals surface area contributed by atoms with Crippen molar-refractivity contribution in [3.05, 3.63) is 57.8 Å². The van der Waals surface area contributed by atoms with Gasteiger partial charge in [0.05, 0.1) is 10.9 Å². The Morgan fingerprint density at radius 3 is 2.24 bits per heavy atom. The number of aliphatic imine (C=N–C) groups is 1. The van der Waals surface area contributed by atoms with E-state index in [0.717, 1.165) is 41.3 Å². The van der Waals surface area contributed by atoms with Crippen molar-refractivity contribution < 1.29 is 4.79 Å². The van der Waals surface area contributed by atoms with Crippen LogP contribution in [0, 0.1) is 20.8 Å². The van der Waals surface area contributed by atoms with Crippen molar-refractivity contribution in [1.29, 1.82) is 0 Å². The molecule has 3 fully saturated rings. The van der Waals surface area contributed by atoms with Crippen LogP contribution in [0.2, 0.25) is 0 Å². The third-order valence-electron chi connectivity index (χ3n) is 7.69. The van der Waals surface area contributed by atoms with Gasteiger partial charge in [0.1, 0.15) is 0 Å². The lowest BCUT2D eigenvalue weighted by molar-refractivity contribution is -0.124. The van der Waals surface area contributed by atoms with Crippen LogP contribution in [0.1, 0.15) is 86.7 Å². The smallest absolute Gasteiger partial charge is 0.267 e. The quantitative estimate of drug-likeness (QED) is 0.434. The molecule has 0 N–H and O–H groups in total. The highest BCUT2D eigenvalue weighted by Gasteiger charge is 2.39. The second-order valence-electron chi connectivity index (χ2n) is 10.3. The summed E-state index contributed by atoms with van der Waals surface area (Å²) in [6, 6.07) is 11.5. The molecular formula is C29H37N3OS. The van der Waals surface area contributed by atoms with E-state index >= 15 is 0 Å². The van der Waals surface area contributed by atoms with Gasteiger partial charge in [0.25, 0.3) is 5.91 Å². The molecule has 0 atom stereocenters. The second-order valence-corrected chi connectivity index (χ2v) is 11.3. The first-order chi connectivity index (χ1) is 16.5. The van der Waals surface area contributed by atoms with E-state index in [9.17, 15) is 4.79 Å². The monoisotopic (exact) mass is 475 g/mol. The maximum atomic E-state index is 13.7. The summed E-state index contributed by atoms with van der Waals surface area (Å²) in [5, 5.41) is 0.961. The highest BCUT2D eigenvalue weighted by atomic mass is 32.2. The van der Waals surface area contributed by atoms with Gasteiger partial charge in [-0.1, -0.05) is 56.2 Å². The van der Waals surface area contributed by atoms with Crippen molar-refractivity contribution in [2.75, 3.05) is 0 Å². The molecule has 1 aromatic heterocycles. The van der Waals surface area contributed by atoms with Crippen LogP contribution in [-0.2, 0) is 4.79 Å². The summed E-state index contributed by atoms with van der Waals surface area (Å²) >= 11 is 1.61. The number of hydrogen-bond acceptors (Lipinski definition) is 3. The van der Waals surface area contributed by atoms with Gasteiger partial charge in [-0.2, -0.15) is 0 Å². The minimum absolute atomic E-state index is 0.159. The molecule has 0 radical (unpaired) electrons. The van der Waals surface area contributed by atoms with Crippen LogP contribution in [0.4, 0.5) is 0 Å². The Labute approximate surface area is 208 Å². The molecule has 1 aliphatic heterocycles.